The number of para-hydroxylation sites is 1. The van der Waals surface area contributed by atoms with Crippen LogP contribution in [0.1, 0.15) is 16.1 Å². The third-order valence-electron chi connectivity index (χ3n) is 4.34. The maximum atomic E-state index is 12.4. The molecule has 29 heavy (non-hydrogen) atoms. The van der Waals surface area contributed by atoms with E-state index in [0.717, 1.165) is 16.9 Å². The molecule has 2 N–H and O–H groups in total. The molecule has 0 radical (unpaired) electrons. The first-order chi connectivity index (χ1) is 14.0. The van der Waals surface area contributed by atoms with E-state index in [1.807, 2.05) is 31.2 Å². The number of pyridine rings is 1. The predicted octanol–water partition coefficient (Wildman–Crippen LogP) is 4.41. The van der Waals surface area contributed by atoms with Crippen molar-refractivity contribution in [2.75, 3.05) is 32.0 Å². The molecule has 7 nitrogen and oxygen atoms in total. The Kier molecular flexibility index (Phi) is 6.19. The quantitative estimate of drug-likeness (QED) is 0.619. The van der Waals surface area contributed by atoms with Crippen molar-refractivity contribution in [3.63, 3.8) is 0 Å². The highest BCUT2D eigenvalue weighted by Crippen LogP contribution is 2.40. The maximum Gasteiger partial charge on any atom is 0.274 e. The number of ether oxygens (including phenoxy) is 3. The monoisotopic (exact) mass is 393 g/mol. The van der Waals surface area contributed by atoms with Crippen LogP contribution in [0.3, 0.4) is 0 Å². The summed E-state index contributed by atoms with van der Waals surface area (Å²) in [6.07, 6.45) is 1.59. The molecular formula is C22H23N3O4. The molecule has 0 aliphatic heterocycles. The lowest BCUT2D eigenvalue weighted by atomic mass is 10.2. The smallest absolute Gasteiger partial charge is 0.274 e. The Hall–Kier alpha value is -3.74. The zero-order valence-corrected chi connectivity index (χ0v) is 16.8. The fourth-order valence-corrected chi connectivity index (χ4v) is 2.82. The van der Waals surface area contributed by atoms with Crippen molar-refractivity contribution in [1.29, 1.82) is 0 Å². The number of carbonyl (C=O) groups excluding carboxylic acids is 1. The zero-order valence-electron chi connectivity index (χ0n) is 16.8. The molecule has 0 saturated heterocycles. The number of amides is 1. The molecule has 0 saturated carbocycles. The number of benzene rings is 2. The Morgan fingerprint density at radius 3 is 2.14 bits per heavy atom. The average molecular weight is 393 g/mol. The first-order valence-corrected chi connectivity index (χ1v) is 8.95. The molecule has 1 amide bonds. The fourth-order valence-electron chi connectivity index (χ4n) is 2.82. The third kappa shape index (κ3) is 4.57. The lowest BCUT2D eigenvalue weighted by Crippen LogP contribution is -2.14. The van der Waals surface area contributed by atoms with Crippen LogP contribution in [0.5, 0.6) is 17.2 Å². The molecule has 150 valence electrons. The summed E-state index contributed by atoms with van der Waals surface area (Å²) in [6, 6.07) is 14.6. The first kappa shape index (κ1) is 20.0. The van der Waals surface area contributed by atoms with Crippen molar-refractivity contribution < 1.29 is 19.0 Å². The molecule has 0 fully saturated rings. The molecule has 0 aliphatic carbocycles. The summed E-state index contributed by atoms with van der Waals surface area (Å²) in [6.45, 7) is 1.94. The highest BCUT2D eigenvalue weighted by atomic mass is 16.5. The number of aromatic nitrogens is 1. The minimum Gasteiger partial charge on any atom is -0.493 e. The molecule has 3 rings (SSSR count). The van der Waals surface area contributed by atoms with Crippen LogP contribution >= 0.6 is 0 Å². The van der Waals surface area contributed by atoms with Gasteiger partial charge in [-0.15, -0.1) is 0 Å². The van der Waals surface area contributed by atoms with Gasteiger partial charge in [0.05, 0.1) is 33.2 Å². The van der Waals surface area contributed by atoms with E-state index in [-0.39, 0.29) is 5.91 Å². The lowest BCUT2D eigenvalue weighted by molar-refractivity contribution is 0.102. The van der Waals surface area contributed by atoms with Crippen molar-refractivity contribution in [3.8, 4) is 17.2 Å². The second-order valence-corrected chi connectivity index (χ2v) is 6.24. The van der Waals surface area contributed by atoms with E-state index in [2.05, 4.69) is 15.6 Å². The first-order valence-electron chi connectivity index (χ1n) is 8.95. The van der Waals surface area contributed by atoms with Crippen LogP contribution in [-0.2, 0) is 0 Å². The number of anilines is 3. The van der Waals surface area contributed by atoms with Crippen LogP contribution in [0, 0.1) is 6.92 Å². The molecule has 2 aromatic carbocycles. The van der Waals surface area contributed by atoms with Gasteiger partial charge in [-0.05, 0) is 30.7 Å². The molecule has 7 heteroatoms. The summed E-state index contributed by atoms with van der Waals surface area (Å²) in [7, 11) is 4.67. The van der Waals surface area contributed by atoms with Crippen molar-refractivity contribution in [3.05, 3.63) is 66.0 Å². The summed E-state index contributed by atoms with van der Waals surface area (Å²) < 4.78 is 16.0. The summed E-state index contributed by atoms with van der Waals surface area (Å²) in [5, 5.41) is 6.09. The number of carbonyl (C=O) groups is 1. The summed E-state index contributed by atoms with van der Waals surface area (Å²) >= 11 is 0. The normalized spacial score (nSPS) is 10.2. The fraction of sp³-hybridized carbons (Fsp3) is 0.182. The molecule has 3 aromatic rings. The zero-order chi connectivity index (χ0) is 20.8. The van der Waals surface area contributed by atoms with Gasteiger partial charge in [0, 0.05) is 23.5 Å². The van der Waals surface area contributed by atoms with Crippen molar-refractivity contribution in [2.45, 2.75) is 6.92 Å². The molecule has 0 unspecified atom stereocenters. The summed E-state index contributed by atoms with van der Waals surface area (Å²) in [5.74, 6) is 1.33. The van der Waals surface area contributed by atoms with Gasteiger partial charge in [0.25, 0.3) is 5.91 Å². The second kappa shape index (κ2) is 8.97. The van der Waals surface area contributed by atoms with Crippen molar-refractivity contribution in [1.82, 2.24) is 4.98 Å². The van der Waals surface area contributed by atoms with Gasteiger partial charge in [0.1, 0.15) is 5.69 Å². The molecule has 0 spiro atoms. The molecular weight excluding hydrogens is 370 g/mol. The number of nitrogens with one attached hydrogen (secondary N) is 2. The Morgan fingerprint density at radius 1 is 0.897 bits per heavy atom. The van der Waals surface area contributed by atoms with Crippen LogP contribution in [0.2, 0.25) is 0 Å². The van der Waals surface area contributed by atoms with Gasteiger partial charge in [0.15, 0.2) is 11.5 Å². The van der Waals surface area contributed by atoms with Gasteiger partial charge < -0.3 is 24.8 Å². The molecule has 1 heterocycles. The Labute approximate surface area is 169 Å². The van der Waals surface area contributed by atoms with Gasteiger partial charge in [-0.3, -0.25) is 4.79 Å². The topological polar surface area (TPSA) is 81.7 Å². The van der Waals surface area contributed by atoms with E-state index in [0.29, 0.717) is 28.6 Å². The Balaban J connectivity index is 1.75. The Bertz CT molecular complexity index is 978. The van der Waals surface area contributed by atoms with E-state index >= 15 is 0 Å². The van der Waals surface area contributed by atoms with E-state index < -0.39 is 0 Å². The van der Waals surface area contributed by atoms with Crippen LogP contribution < -0.4 is 24.8 Å². The van der Waals surface area contributed by atoms with E-state index in [1.54, 1.807) is 51.8 Å². The highest BCUT2D eigenvalue weighted by Gasteiger charge is 2.14. The highest BCUT2D eigenvalue weighted by molar-refractivity contribution is 6.03. The summed E-state index contributed by atoms with van der Waals surface area (Å²) in [4.78, 5) is 16.7. The SMILES string of the molecule is COc1cc(Nc2ccc(C(=O)Nc3ccccc3C)nc2)cc(OC)c1OC. The van der Waals surface area contributed by atoms with E-state index in [4.69, 9.17) is 14.2 Å². The van der Waals surface area contributed by atoms with Gasteiger partial charge in [-0.2, -0.15) is 0 Å². The second-order valence-electron chi connectivity index (χ2n) is 6.24. The van der Waals surface area contributed by atoms with Crippen molar-refractivity contribution in [2.24, 2.45) is 0 Å². The minimum absolute atomic E-state index is 0.265. The lowest BCUT2D eigenvalue weighted by Gasteiger charge is -2.15. The molecule has 0 atom stereocenters. The van der Waals surface area contributed by atoms with E-state index in [9.17, 15) is 4.79 Å². The molecule has 0 aliphatic rings. The number of hydrogen-bond acceptors (Lipinski definition) is 6. The standard InChI is InChI=1S/C22H23N3O4/c1-14-7-5-6-8-17(14)25-22(26)18-10-9-15(13-23-18)24-16-11-19(27-2)21(29-4)20(12-16)28-3/h5-13,24H,1-4H3,(H,25,26). The Morgan fingerprint density at radius 2 is 1.59 bits per heavy atom. The molecule has 1 aromatic heterocycles. The van der Waals surface area contributed by atoms with Crippen LogP contribution in [0.15, 0.2) is 54.7 Å². The average Bonchev–Trinajstić information content (AvgIpc) is 2.75. The maximum absolute atomic E-state index is 12.4. The third-order valence-corrected chi connectivity index (χ3v) is 4.34. The van der Waals surface area contributed by atoms with Crippen LogP contribution in [0.4, 0.5) is 17.1 Å². The van der Waals surface area contributed by atoms with Crippen molar-refractivity contribution >= 4 is 23.0 Å². The number of hydrogen-bond donors (Lipinski definition) is 2. The predicted molar refractivity (Wildman–Crippen MR) is 113 cm³/mol. The van der Waals surface area contributed by atoms with Gasteiger partial charge in [-0.1, -0.05) is 18.2 Å². The van der Waals surface area contributed by atoms with Gasteiger partial charge >= 0.3 is 0 Å². The number of methoxy groups -OCH3 is 3. The van der Waals surface area contributed by atoms with Crippen LogP contribution in [-0.4, -0.2) is 32.2 Å². The van der Waals surface area contributed by atoms with E-state index in [1.165, 1.54) is 0 Å². The number of aryl methyl sites for hydroxylation is 1. The number of rotatable bonds is 7. The summed E-state index contributed by atoms with van der Waals surface area (Å²) in [5.41, 5.74) is 3.52. The minimum atomic E-state index is -0.265. The largest absolute Gasteiger partial charge is 0.493 e. The molecule has 0 bridgehead atoms. The number of nitrogens with zero attached hydrogens (tertiary/aromatic N) is 1. The van der Waals surface area contributed by atoms with Gasteiger partial charge in [0.2, 0.25) is 5.75 Å². The van der Waals surface area contributed by atoms with Gasteiger partial charge in [-0.25, -0.2) is 4.98 Å². The van der Waals surface area contributed by atoms with Crippen LogP contribution in [0.25, 0.3) is 0 Å².